The Balaban J connectivity index is 2.60. The molecular formula is C15H25N. The number of aromatic nitrogens is 1. The van der Waals surface area contributed by atoms with Crippen LogP contribution in [0.3, 0.4) is 0 Å². The summed E-state index contributed by atoms with van der Waals surface area (Å²) in [6.07, 6.45) is 8.90. The highest BCUT2D eigenvalue weighted by Crippen LogP contribution is 2.16. The molecule has 1 heterocycles. The van der Waals surface area contributed by atoms with Gasteiger partial charge in [0.2, 0.25) is 0 Å². The molecule has 1 nitrogen and oxygen atoms in total. The van der Waals surface area contributed by atoms with E-state index in [1.807, 2.05) is 6.20 Å². The Kier molecular flexibility index (Phi) is 5.51. The predicted octanol–water partition coefficient (Wildman–Crippen LogP) is 4.26. The topological polar surface area (TPSA) is 12.9 Å². The maximum atomic E-state index is 4.25. The number of aryl methyl sites for hydroxylation is 2. The van der Waals surface area contributed by atoms with Gasteiger partial charge in [0.05, 0.1) is 0 Å². The van der Waals surface area contributed by atoms with Crippen LogP contribution in [-0.4, -0.2) is 4.98 Å². The fourth-order valence-electron chi connectivity index (χ4n) is 1.81. The zero-order chi connectivity index (χ0) is 12.0. The van der Waals surface area contributed by atoms with Crippen molar-refractivity contribution in [3.8, 4) is 0 Å². The largest absolute Gasteiger partial charge is 0.264 e. The number of pyridine rings is 1. The second-order valence-corrected chi connectivity index (χ2v) is 5.51. The van der Waals surface area contributed by atoms with E-state index >= 15 is 0 Å². The van der Waals surface area contributed by atoms with Gasteiger partial charge in [0.1, 0.15) is 0 Å². The Hall–Kier alpha value is -0.850. The third-order valence-electron chi connectivity index (χ3n) is 2.99. The molecule has 0 bridgehead atoms. The van der Waals surface area contributed by atoms with Crippen molar-refractivity contribution in [2.45, 2.75) is 53.4 Å². The molecule has 90 valence electrons. The first-order valence-corrected chi connectivity index (χ1v) is 6.51. The van der Waals surface area contributed by atoms with Crippen molar-refractivity contribution in [3.63, 3.8) is 0 Å². The Bertz CT molecular complexity index is 271. The van der Waals surface area contributed by atoms with Crippen LogP contribution in [0.25, 0.3) is 0 Å². The van der Waals surface area contributed by atoms with Gasteiger partial charge in [-0.1, -0.05) is 27.7 Å². The van der Waals surface area contributed by atoms with Crippen molar-refractivity contribution in [2.75, 3.05) is 0 Å². The molecule has 0 N–H and O–H groups in total. The third-order valence-corrected chi connectivity index (χ3v) is 2.99. The molecule has 1 aromatic heterocycles. The summed E-state index contributed by atoms with van der Waals surface area (Å²) in [7, 11) is 0. The van der Waals surface area contributed by atoms with Gasteiger partial charge in [-0.2, -0.15) is 0 Å². The van der Waals surface area contributed by atoms with Crippen molar-refractivity contribution >= 4 is 0 Å². The Morgan fingerprint density at radius 2 is 1.50 bits per heavy atom. The molecule has 0 fully saturated rings. The van der Waals surface area contributed by atoms with Crippen LogP contribution in [0, 0.1) is 11.8 Å². The Labute approximate surface area is 100 Å². The van der Waals surface area contributed by atoms with Crippen molar-refractivity contribution < 1.29 is 0 Å². The SMILES string of the molecule is CC(C)CCc1ccncc1CCC(C)C. The zero-order valence-corrected chi connectivity index (χ0v) is 11.2. The molecule has 1 heteroatoms. The second-order valence-electron chi connectivity index (χ2n) is 5.51. The quantitative estimate of drug-likeness (QED) is 0.696. The summed E-state index contributed by atoms with van der Waals surface area (Å²) in [6, 6.07) is 2.19. The molecule has 0 amide bonds. The predicted molar refractivity (Wildman–Crippen MR) is 70.6 cm³/mol. The fourth-order valence-corrected chi connectivity index (χ4v) is 1.81. The van der Waals surface area contributed by atoms with Gasteiger partial charge in [-0.05, 0) is 54.7 Å². The minimum absolute atomic E-state index is 0.776. The molecule has 1 rings (SSSR count). The molecule has 0 aromatic carbocycles. The highest BCUT2D eigenvalue weighted by molar-refractivity contribution is 5.23. The van der Waals surface area contributed by atoms with Gasteiger partial charge in [0.15, 0.2) is 0 Å². The maximum absolute atomic E-state index is 4.25. The normalized spacial score (nSPS) is 11.4. The van der Waals surface area contributed by atoms with E-state index in [2.05, 4.69) is 44.9 Å². The molecular weight excluding hydrogens is 194 g/mol. The van der Waals surface area contributed by atoms with Crippen LogP contribution in [0.15, 0.2) is 18.5 Å². The summed E-state index contributed by atoms with van der Waals surface area (Å²) in [5.74, 6) is 1.56. The molecule has 0 radical (unpaired) electrons. The average molecular weight is 219 g/mol. The summed E-state index contributed by atoms with van der Waals surface area (Å²) >= 11 is 0. The van der Waals surface area contributed by atoms with Gasteiger partial charge in [-0.15, -0.1) is 0 Å². The van der Waals surface area contributed by atoms with Crippen LogP contribution in [0.5, 0.6) is 0 Å². The summed E-state index contributed by atoms with van der Waals surface area (Å²) in [6.45, 7) is 9.14. The number of rotatable bonds is 6. The van der Waals surface area contributed by atoms with E-state index in [9.17, 15) is 0 Å². The first kappa shape index (κ1) is 13.2. The van der Waals surface area contributed by atoms with Gasteiger partial charge >= 0.3 is 0 Å². The van der Waals surface area contributed by atoms with Crippen molar-refractivity contribution in [1.29, 1.82) is 0 Å². The van der Waals surface area contributed by atoms with Crippen LogP contribution in [0.1, 0.15) is 51.7 Å². The van der Waals surface area contributed by atoms with Crippen LogP contribution in [0.4, 0.5) is 0 Å². The standard InChI is InChI=1S/C15H25N/c1-12(2)5-7-14-9-10-16-11-15(14)8-6-13(3)4/h9-13H,5-8H2,1-4H3. The van der Waals surface area contributed by atoms with Gasteiger partial charge in [0, 0.05) is 12.4 Å². The highest BCUT2D eigenvalue weighted by Gasteiger charge is 2.04. The minimum Gasteiger partial charge on any atom is -0.264 e. The van der Waals surface area contributed by atoms with Crippen LogP contribution in [-0.2, 0) is 12.8 Å². The van der Waals surface area contributed by atoms with E-state index in [0.29, 0.717) is 0 Å². The van der Waals surface area contributed by atoms with Gasteiger partial charge in [-0.3, -0.25) is 4.98 Å². The van der Waals surface area contributed by atoms with E-state index in [1.165, 1.54) is 36.8 Å². The lowest BCUT2D eigenvalue weighted by Gasteiger charge is -2.11. The summed E-state index contributed by atoms with van der Waals surface area (Å²) < 4.78 is 0. The molecule has 0 aliphatic rings. The lowest BCUT2D eigenvalue weighted by Crippen LogP contribution is -2.00. The van der Waals surface area contributed by atoms with Gasteiger partial charge in [-0.25, -0.2) is 0 Å². The summed E-state index contributed by atoms with van der Waals surface area (Å²) in [5.41, 5.74) is 2.96. The zero-order valence-electron chi connectivity index (χ0n) is 11.2. The van der Waals surface area contributed by atoms with Gasteiger partial charge in [0.25, 0.3) is 0 Å². The third kappa shape index (κ3) is 4.78. The molecule has 0 spiro atoms. The first-order valence-electron chi connectivity index (χ1n) is 6.51. The average Bonchev–Trinajstić information content (AvgIpc) is 2.24. The highest BCUT2D eigenvalue weighted by atomic mass is 14.6. The molecule has 0 saturated heterocycles. The molecule has 0 unspecified atom stereocenters. The molecule has 0 saturated carbocycles. The van der Waals surface area contributed by atoms with E-state index in [-0.39, 0.29) is 0 Å². The van der Waals surface area contributed by atoms with Crippen LogP contribution >= 0.6 is 0 Å². The monoisotopic (exact) mass is 219 g/mol. The Morgan fingerprint density at radius 3 is 2.06 bits per heavy atom. The van der Waals surface area contributed by atoms with E-state index < -0.39 is 0 Å². The van der Waals surface area contributed by atoms with Crippen molar-refractivity contribution in [2.24, 2.45) is 11.8 Å². The minimum atomic E-state index is 0.776. The Morgan fingerprint density at radius 1 is 0.938 bits per heavy atom. The molecule has 1 aromatic rings. The lowest BCUT2D eigenvalue weighted by atomic mass is 9.96. The van der Waals surface area contributed by atoms with E-state index in [4.69, 9.17) is 0 Å². The maximum Gasteiger partial charge on any atom is 0.0302 e. The summed E-state index contributed by atoms with van der Waals surface area (Å²) in [5, 5.41) is 0. The van der Waals surface area contributed by atoms with E-state index in [0.717, 1.165) is 11.8 Å². The molecule has 0 aliphatic heterocycles. The van der Waals surface area contributed by atoms with Crippen LogP contribution in [0.2, 0.25) is 0 Å². The summed E-state index contributed by atoms with van der Waals surface area (Å²) in [4.78, 5) is 4.25. The van der Waals surface area contributed by atoms with E-state index in [1.54, 1.807) is 0 Å². The number of nitrogens with zero attached hydrogens (tertiary/aromatic N) is 1. The molecule has 0 atom stereocenters. The van der Waals surface area contributed by atoms with Crippen molar-refractivity contribution in [1.82, 2.24) is 4.98 Å². The number of hydrogen-bond donors (Lipinski definition) is 0. The van der Waals surface area contributed by atoms with Gasteiger partial charge < -0.3 is 0 Å². The lowest BCUT2D eigenvalue weighted by molar-refractivity contribution is 0.570. The molecule has 16 heavy (non-hydrogen) atoms. The molecule has 0 aliphatic carbocycles. The smallest absolute Gasteiger partial charge is 0.0302 e. The first-order chi connectivity index (χ1) is 7.59. The number of hydrogen-bond acceptors (Lipinski definition) is 1. The second kappa shape index (κ2) is 6.67. The fraction of sp³-hybridized carbons (Fsp3) is 0.667. The van der Waals surface area contributed by atoms with Crippen molar-refractivity contribution in [3.05, 3.63) is 29.6 Å². The van der Waals surface area contributed by atoms with Crippen LogP contribution < -0.4 is 0 Å².